The largest absolute Gasteiger partial charge is 0.481 e. The van der Waals surface area contributed by atoms with Gasteiger partial charge in [0.15, 0.2) is 0 Å². The third-order valence-corrected chi connectivity index (χ3v) is 3.35. The van der Waals surface area contributed by atoms with Gasteiger partial charge in [-0.3, -0.25) is 4.79 Å². The van der Waals surface area contributed by atoms with Gasteiger partial charge in [0.05, 0.1) is 6.42 Å². The molecule has 0 bridgehead atoms. The summed E-state index contributed by atoms with van der Waals surface area (Å²) in [7, 11) is 0. The van der Waals surface area contributed by atoms with E-state index in [1.54, 1.807) is 0 Å². The van der Waals surface area contributed by atoms with Gasteiger partial charge >= 0.3 is 5.97 Å². The maximum absolute atomic E-state index is 10.5. The summed E-state index contributed by atoms with van der Waals surface area (Å²) in [4.78, 5) is 19.1. The lowest BCUT2D eigenvalue weighted by Gasteiger charge is -2.12. The molecule has 18 heavy (non-hydrogen) atoms. The Kier molecular flexibility index (Phi) is 4.12. The van der Waals surface area contributed by atoms with Crippen LogP contribution in [-0.4, -0.2) is 27.1 Å². The highest BCUT2D eigenvalue weighted by Gasteiger charge is 2.17. The molecule has 1 unspecified atom stereocenters. The fourth-order valence-electron chi connectivity index (χ4n) is 2.42. The SMILES string of the molecule is CC(CC(=O)O)Nc1ncc(C2CCCC2)cn1. The number of anilines is 1. The van der Waals surface area contributed by atoms with Crippen LogP contribution in [0.4, 0.5) is 5.95 Å². The quantitative estimate of drug-likeness (QED) is 0.838. The molecule has 2 rings (SSSR count). The standard InChI is InChI=1S/C13H19N3O2/c1-9(6-12(17)18)16-13-14-7-11(8-15-13)10-4-2-3-5-10/h7-10H,2-6H2,1H3,(H,17,18)(H,14,15,16). The number of aromatic nitrogens is 2. The van der Waals surface area contributed by atoms with E-state index in [1.165, 1.54) is 31.2 Å². The Morgan fingerprint density at radius 1 is 1.44 bits per heavy atom. The molecule has 5 nitrogen and oxygen atoms in total. The first kappa shape index (κ1) is 12.8. The maximum atomic E-state index is 10.5. The summed E-state index contributed by atoms with van der Waals surface area (Å²) in [6.45, 7) is 1.81. The summed E-state index contributed by atoms with van der Waals surface area (Å²) in [6.07, 6.45) is 8.82. The predicted octanol–water partition coefficient (Wildman–Crippen LogP) is 2.41. The normalized spacial score (nSPS) is 17.6. The lowest BCUT2D eigenvalue weighted by molar-refractivity contribution is -0.137. The fourth-order valence-corrected chi connectivity index (χ4v) is 2.42. The van der Waals surface area contributed by atoms with E-state index < -0.39 is 5.97 Å². The molecular weight excluding hydrogens is 230 g/mol. The lowest BCUT2D eigenvalue weighted by Crippen LogP contribution is -2.20. The number of carboxylic acid groups (broad SMARTS) is 1. The monoisotopic (exact) mass is 249 g/mol. The van der Waals surface area contributed by atoms with Gasteiger partial charge in [0, 0.05) is 18.4 Å². The lowest BCUT2D eigenvalue weighted by atomic mass is 10.0. The smallest absolute Gasteiger partial charge is 0.305 e. The van der Waals surface area contributed by atoms with E-state index in [2.05, 4.69) is 15.3 Å². The van der Waals surface area contributed by atoms with Gasteiger partial charge in [0.2, 0.25) is 5.95 Å². The van der Waals surface area contributed by atoms with Crippen molar-refractivity contribution in [1.29, 1.82) is 0 Å². The molecule has 0 radical (unpaired) electrons. The molecule has 0 aromatic carbocycles. The van der Waals surface area contributed by atoms with Crippen LogP contribution in [0.1, 0.15) is 50.5 Å². The summed E-state index contributed by atoms with van der Waals surface area (Å²) in [6, 6.07) is -0.167. The van der Waals surface area contributed by atoms with Crippen LogP contribution >= 0.6 is 0 Å². The Morgan fingerprint density at radius 3 is 2.61 bits per heavy atom. The summed E-state index contributed by atoms with van der Waals surface area (Å²) >= 11 is 0. The number of aliphatic carboxylic acids is 1. The topological polar surface area (TPSA) is 75.1 Å². The summed E-state index contributed by atoms with van der Waals surface area (Å²) in [5.74, 6) is 0.290. The van der Waals surface area contributed by atoms with Gasteiger partial charge in [-0.05, 0) is 31.2 Å². The molecule has 0 aliphatic heterocycles. The molecule has 2 N–H and O–H groups in total. The van der Waals surface area contributed by atoms with Crippen LogP contribution in [0.15, 0.2) is 12.4 Å². The van der Waals surface area contributed by atoms with E-state index in [9.17, 15) is 4.79 Å². The van der Waals surface area contributed by atoms with Gasteiger partial charge in [-0.25, -0.2) is 9.97 Å². The van der Waals surface area contributed by atoms with Crippen LogP contribution in [0.3, 0.4) is 0 Å². The molecule has 0 spiro atoms. The number of nitrogens with one attached hydrogen (secondary N) is 1. The van der Waals surface area contributed by atoms with Crippen molar-refractivity contribution >= 4 is 11.9 Å². The molecular formula is C13H19N3O2. The second-order valence-corrected chi connectivity index (χ2v) is 4.96. The minimum Gasteiger partial charge on any atom is -0.481 e. The fraction of sp³-hybridized carbons (Fsp3) is 0.615. The molecule has 1 aromatic rings. The van der Waals surface area contributed by atoms with Crippen LogP contribution in [0.25, 0.3) is 0 Å². The highest BCUT2D eigenvalue weighted by Crippen LogP contribution is 2.33. The highest BCUT2D eigenvalue weighted by atomic mass is 16.4. The molecule has 1 heterocycles. The average Bonchev–Trinajstić information content (AvgIpc) is 2.82. The number of carboxylic acids is 1. The van der Waals surface area contributed by atoms with Crippen molar-refractivity contribution in [3.8, 4) is 0 Å². The molecule has 5 heteroatoms. The van der Waals surface area contributed by atoms with E-state index >= 15 is 0 Å². The first-order valence-corrected chi connectivity index (χ1v) is 6.45. The summed E-state index contributed by atoms with van der Waals surface area (Å²) in [5.41, 5.74) is 1.20. The third kappa shape index (κ3) is 3.42. The Morgan fingerprint density at radius 2 is 2.06 bits per heavy atom. The van der Waals surface area contributed by atoms with Crippen molar-refractivity contribution in [3.63, 3.8) is 0 Å². The van der Waals surface area contributed by atoms with E-state index in [0.29, 0.717) is 11.9 Å². The highest BCUT2D eigenvalue weighted by molar-refractivity contribution is 5.67. The molecule has 1 atom stereocenters. The van der Waals surface area contributed by atoms with E-state index in [0.717, 1.165) is 0 Å². The van der Waals surface area contributed by atoms with Crippen LogP contribution in [0.2, 0.25) is 0 Å². The number of hydrogen-bond donors (Lipinski definition) is 2. The van der Waals surface area contributed by atoms with Crippen LogP contribution < -0.4 is 5.32 Å². The van der Waals surface area contributed by atoms with Crippen molar-refractivity contribution in [2.24, 2.45) is 0 Å². The van der Waals surface area contributed by atoms with Gasteiger partial charge in [-0.2, -0.15) is 0 Å². The number of rotatable bonds is 5. The Bertz CT molecular complexity index is 399. The van der Waals surface area contributed by atoms with Crippen LogP contribution in [-0.2, 0) is 4.79 Å². The van der Waals surface area contributed by atoms with Gasteiger partial charge in [0.25, 0.3) is 0 Å². The van der Waals surface area contributed by atoms with E-state index in [1.807, 2.05) is 19.3 Å². The van der Waals surface area contributed by atoms with Crippen LogP contribution in [0, 0.1) is 0 Å². The molecule has 0 saturated heterocycles. The zero-order chi connectivity index (χ0) is 13.0. The predicted molar refractivity (Wildman–Crippen MR) is 68.6 cm³/mol. The molecule has 1 aromatic heterocycles. The maximum Gasteiger partial charge on any atom is 0.305 e. The van der Waals surface area contributed by atoms with Crippen molar-refractivity contribution in [1.82, 2.24) is 9.97 Å². The second-order valence-electron chi connectivity index (χ2n) is 4.96. The van der Waals surface area contributed by atoms with Crippen LogP contribution in [0.5, 0.6) is 0 Å². The van der Waals surface area contributed by atoms with Gasteiger partial charge in [-0.15, -0.1) is 0 Å². The van der Waals surface area contributed by atoms with Gasteiger partial charge in [0.1, 0.15) is 0 Å². The second kappa shape index (κ2) is 5.80. The molecule has 1 fully saturated rings. The average molecular weight is 249 g/mol. The molecule has 1 aliphatic carbocycles. The zero-order valence-corrected chi connectivity index (χ0v) is 10.6. The van der Waals surface area contributed by atoms with Crippen molar-refractivity contribution in [3.05, 3.63) is 18.0 Å². The van der Waals surface area contributed by atoms with Crippen molar-refractivity contribution in [2.75, 3.05) is 5.32 Å². The number of nitrogens with zero attached hydrogens (tertiary/aromatic N) is 2. The third-order valence-electron chi connectivity index (χ3n) is 3.35. The summed E-state index contributed by atoms with van der Waals surface area (Å²) in [5, 5.41) is 11.7. The number of hydrogen-bond acceptors (Lipinski definition) is 4. The molecule has 1 aliphatic rings. The van der Waals surface area contributed by atoms with E-state index in [-0.39, 0.29) is 12.5 Å². The Labute approximate surface area is 107 Å². The summed E-state index contributed by atoms with van der Waals surface area (Å²) < 4.78 is 0. The van der Waals surface area contributed by atoms with Crippen molar-refractivity contribution < 1.29 is 9.90 Å². The first-order chi connectivity index (χ1) is 8.65. The molecule has 0 amide bonds. The minimum absolute atomic E-state index is 0.0632. The first-order valence-electron chi connectivity index (χ1n) is 6.45. The molecule has 1 saturated carbocycles. The van der Waals surface area contributed by atoms with E-state index in [4.69, 9.17) is 5.11 Å². The zero-order valence-electron chi connectivity index (χ0n) is 10.6. The van der Waals surface area contributed by atoms with Crippen molar-refractivity contribution in [2.45, 2.75) is 51.0 Å². The van der Waals surface area contributed by atoms with Gasteiger partial charge < -0.3 is 10.4 Å². The Hall–Kier alpha value is -1.65. The van der Waals surface area contributed by atoms with Gasteiger partial charge in [-0.1, -0.05) is 12.8 Å². The minimum atomic E-state index is -0.822. The number of carbonyl (C=O) groups is 1. The Balaban J connectivity index is 1.92. The molecule has 98 valence electrons.